The Balaban J connectivity index is 1.48. The number of fused-ring (bicyclic) bond motifs is 1. The molecule has 1 aliphatic carbocycles. The zero-order valence-electron chi connectivity index (χ0n) is 19.6. The summed E-state index contributed by atoms with van der Waals surface area (Å²) in [6.07, 6.45) is -0.125. The molecule has 178 valence electrons. The number of carbonyl (C=O) groups excluding carboxylic acids is 3. The van der Waals surface area contributed by atoms with E-state index in [1.54, 1.807) is 12.1 Å². The second-order valence-electron chi connectivity index (χ2n) is 10.3. The Morgan fingerprint density at radius 3 is 2.32 bits per heavy atom. The fourth-order valence-electron chi connectivity index (χ4n) is 5.28. The summed E-state index contributed by atoms with van der Waals surface area (Å²) < 4.78 is 24.2. The van der Waals surface area contributed by atoms with Crippen molar-refractivity contribution in [1.29, 1.82) is 0 Å². The first-order valence-corrected chi connectivity index (χ1v) is 11.3. The average molecular weight is 467 g/mol. The number of ether oxygens (including phenoxy) is 2. The molecule has 1 atom stereocenters. The maximum Gasteiger partial charge on any atom is 0.257 e. The molecule has 2 fully saturated rings. The highest BCUT2D eigenvalue weighted by Gasteiger charge is 2.69. The normalized spacial score (nSPS) is 22.3. The smallest absolute Gasteiger partial charge is 0.257 e. The highest BCUT2D eigenvalue weighted by molar-refractivity contribution is 6.23. The third kappa shape index (κ3) is 3.35. The van der Waals surface area contributed by atoms with Gasteiger partial charge in [-0.25, -0.2) is 9.29 Å². The van der Waals surface area contributed by atoms with E-state index in [4.69, 9.17) is 9.47 Å². The van der Waals surface area contributed by atoms with Crippen LogP contribution in [0.15, 0.2) is 42.5 Å². The van der Waals surface area contributed by atoms with Gasteiger partial charge in [-0.15, -0.1) is 0 Å². The SMILES string of the molecule is CC1(C)C(C(=O)N(Cc2ccc3c(c2)OCO3)C2CC(=O)N(c3ccc(F)cc3)C2=O)C1(C)C. The molecular weight excluding hydrogens is 439 g/mol. The molecule has 0 aromatic heterocycles. The second-order valence-corrected chi connectivity index (χ2v) is 10.3. The molecule has 2 aromatic carbocycles. The van der Waals surface area contributed by atoms with Crippen molar-refractivity contribution < 1.29 is 28.2 Å². The molecule has 2 heterocycles. The van der Waals surface area contributed by atoms with Gasteiger partial charge < -0.3 is 14.4 Å². The summed E-state index contributed by atoms with van der Waals surface area (Å²) in [5.74, 6) is -0.588. The molecule has 2 aliphatic heterocycles. The first-order valence-electron chi connectivity index (χ1n) is 11.3. The topological polar surface area (TPSA) is 76.2 Å². The maximum atomic E-state index is 13.8. The number of hydrogen-bond donors (Lipinski definition) is 0. The van der Waals surface area contributed by atoms with Crippen molar-refractivity contribution in [3.63, 3.8) is 0 Å². The van der Waals surface area contributed by atoms with Gasteiger partial charge in [0.05, 0.1) is 12.1 Å². The van der Waals surface area contributed by atoms with E-state index in [0.717, 1.165) is 10.5 Å². The molecule has 1 unspecified atom stereocenters. The molecule has 0 N–H and O–H groups in total. The fraction of sp³-hybridized carbons (Fsp3) is 0.423. The third-order valence-electron chi connectivity index (χ3n) is 7.92. The van der Waals surface area contributed by atoms with Gasteiger partial charge in [-0.05, 0) is 52.8 Å². The van der Waals surface area contributed by atoms with Crippen LogP contribution in [0.1, 0.15) is 39.7 Å². The number of halogens is 1. The average Bonchev–Trinajstić information content (AvgIpc) is 3.15. The van der Waals surface area contributed by atoms with E-state index in [9.17, 15) is 18.8 Å². The van der Waals surface area contributed by atoms with E-state index in [1.165, 1.54) is 29.2 Å². The maximum absolute atomic E-state index is 13.8. The van der Waals surface area contributed by atoms with Crippen LogP contribution < -0.4 is 14.4 Å². The number of benzene rings is 2. The van der Waals surface area contributed by atoms with Gasteiger partial charge in [0.15, 0.2) is 11.5 Å². The lowest BCUT2D eigenvalue weighted by molar-refractivity contribution is -0.141. The molecule has 1 saturated heterocycles. The second kappa shape index (κ2) is 7.55. The van der Waals surface area contributed by atoms with E-state index in [2.05, 4.69) is 0 Å². The Bertz CT molecular complexity index is 1180. The molecule has 5 rings (SSSR count). The fourth-order valence-corrected chi connectivity index (χ4v) is 5.28. The summed E-state index contributed by atoms with van der Waals surface area (Å²) in [5.41, 5.74) is 0.592. The quantitative estimate of drug-likeness (QED) is 0.625. The third-order valence-corrected chi connectivity index (χ3v) is 7.92. The van der Waals surface area contributed by atoms with Crippen molar-refractivity contribution in [2.75, 3.05) is 11.7 Å². The molecule has 0 radical (unpaired) electrons. The predicted octanol–water partition coefficient (Wildman–Crippen LogP) is 3.90. The van der Waals surface area contributed by atoms with Crippen molar-refractivity contribution in [3.8, 4) is 11.5 Å². The Labute approximate surface area is 197 Å². The molecule has 7 nitrogen and oxygen atoms in total. The van der Waals surface area contributed by atoms with Crippen LogP contribution >= 0.6 is 0 Å². The largest absolute Gasteiger partial charge is 0.454 e. The molecular formula is C26H27FN2O5. The van der Waals surface area contributed by atoms with Crippen LogP contribution in [0.3, 0.4) is 0 Å². The Morgan fingerprint density at radius 2 is 1.68 bits per heavy atom. The first-order chi connectivity index (χ1) is 16.0. The zero-order chi connectivity index (χ0) is 24.4. The Morgan fingerprint density at radius 1 is 1.03 bits per heavy atom. The Hall–Kier alpha value is -3.42. The molecule has 1 saturated carbocycles. The molecule has 3 aliphatic rings. The minimum Gasteiger partial charge on any atom is -0.454 e. The first kappa shape index (κ1) is 22.4. The summed E-state index contributed by atoms with van der Waals surface area (Å²) in [6.45, 7) is 8.45. The number of nitrogens with zero attached hydrogens (tertiary/aromatic N) is 2. The van der Waals surface area contributed by atoms with Gasteiger partial charge in [-0.3, -0.25) is 14.4 Å². The van der Waals surface area contributed by atoms with Gasteiger partial charge in [0.25, 0.3) is 5.91 Å². The van der Waals surface area contributed by atoms with Gasteiger partial charge in [-0.1, -0.05) is 33.8 Å². The molecule has 0 bridgehead atoms. The lowest BCUT2D eigenvalue weighted by atomic mass is 10.0. The highest BCUT2D eigenvalue weighted by Crippen LogP contribution is 2.69. The standard InChI is InChI=1S/C26H27FN2O5/c1-25(2)22(26(25,3)4)24(32)28(13-15-5-10-19-20(11-15)34-14-33-19)18-12-21(30)29(23(18)31)17-8-6-16(27)7-9-17/h5-11,18,22H,12-14H2,1-4H3. The van der Waals surface area contributed by atoms with Crippen molar-refractivity contribution in [1.82, 2.24) is 4.90 Å². The number of anilines is 1. The Kier molecular flexibility index (Phi) is 4.97. The molecule has 0 spiro atoms. The molecule has 3 amide bonds. The van der Waals surface area contributed by atoms with E-state index < -0.39 is 23.7 Å². The van der Waals surface area contributed by atoms with Crippen LogP contribution in [-0.4, -0.2) is 35.5 Å². The highest BCUT2D eigenvalue weighted by atomic mass is 19.1. The van der Waals surface area contributed by atoms with Gasteiger partial charge in [0.2, 0.25) is 18.6 Å². The summed E-state index contributed by atoms with van der Waals surface area (Å²) >= 11 is 0. The van der Waals surface area contributed by atoms with Crippen molar-refractivity contribution in [3.05, 3.63) is 53.8 Å². The monoisotopic (exact) mass is 466 g/mol. The number of hydrogen-bond acceptors (Lipinski definition) is 5. The van der Waals surface area contributed by atoms with E-state index in [1.807, 2.05) is 33.8 Å². The van der Waals surface area contributed by atoms with Crippen LogP contribution in [0.2, 0.25) is 0 Å². The van der Waals surface area contributed by atoms with Crippen LogP contribution in [0.5, 0.6) is 11.5 Å². The van der Waals surface area contributed by atoms with Crippen molar-refractivity contribution in [2.24, 2.45) is 16.7 Å². The minimum atomic E-state index is -0.942. The van der Waals surface area contributed by atoms with Gasteiger partial charge in [0, 0.05) is 12.5 Å². The lowest BCUT2D eigenvalue weighted by Gasteiger charge is -2.29. The van der Waals surface area contributed by atoms with Crippen molar-refractivity contribution >= 4 is 23.4 Å². The summed E-state index contributed by atoms with van der Waals surface area (Å²) in [7, 11) is 0. The lowest BCUT2D eigenvalue weighted by Crippen LogP contribution is -2.46. The van der Waals surface area contributed by atoms with E-state index in [0.29, 0.717) is 17.2 Å². The minimum absolute atomic E-state index is 0.125. The van der Waals surface area contributed by atoms with Crippen LogP contribution in [-0.2, 0) is 20.9 Å². The van der Waals surface area contributed by atoms with Crippen LogP contribution in [0.25, 0.3) is 0 Å². The van der Waals surface area contributed by atoms with Crippen LogP contribution in [0, 0.1) is 22.6 Å². The summed E-state index contributed by atoms with van der Waals surface area (Å²) in [6, 6.07) is 9.65. The van der Waals surface area contributed by atoms with Gasteiger partial charge in [-0.2, -0.15) is 0 Å². The van der Waals surface area contributed by atoms with Crippen LogP contribution in [0.4, 0.5) is 10.1 Å². The van der Waals surface area contributed by atoms with Crippen molar-refractivity contribution in [2.45, 2.75) is 46.7 Å². The molecule has 34 heavy (non-hydrogen) atoms. The molecule has 2 aromatic rings. The number of rotatable bonds is 5. The number of amides is 3. The predicted molar refractivity (Wildman–Crippen MR) is 121 cm³/mol. The van der Waals surface area contributed by atoms with E-state index >= 15 is 0 Å². The summed E-state index contributed by atoms with van der Waals surface area (Å²) in [4.78, 5) is 42.8. The zero-order valence-corrected chi connectivity index (χ0v) is 19.6. The summed E-state index contributed by atoms with van der Waals surface area (Å²) in [5, 5.41) is 0. The molecule has 8 heteroatoms. The van der Waals surface area contributed by atoms with Gasteiger partial charge >= 0.3 is 0 Å². The van der Waals surface area contributed by atoms with E-state index in [-0.39, 0.29) is 42.4 Å². The number of carbonyl (C=O) groups is 3. The van der Waals surface area contributed by atoms with Gasteiger partial charge in [0.1, 0.15) is 11.9 Å². The number of imide groups is 1.